The summed E-state index contributed by atoms with van der Waals surface area (Å²) in [5.74, 6) is 2.82. The maximum Gasteiger partial charge on any atom is -0.0440 e. The smallest absolute Gasteiger partial charge is 0.0440 e. The molecule has 0 bridgehead atoms. The van der Waals surface area contributed by atoms with Crippen LogP contribution in [0.1, 0.15) is 98.8 Å². The van der Waals surface area contributed by atoms with Gasteiger partial charge in [0.25, 0.3) is 0 Å². The molecule has 18 heavy (non-hydrogen) atoms. The van der Waals surface area contributed by atoms with Gasteiger partial charge < -0.3 is 0 Å². The molecular formula is C18H38. The third-order valence-corrected chi connectivity index (χ3v) is 4.45. The molecule has 0 heterocycles. The molecule has 0 spiro atoms. The summed E-state index contributed by atoms with van der Waals surface area (Å²) in [7, 11) is 0. The Hall–Kier alpha value is 0. The first-order valence-electron chi connectivity index (χ1n) is 8.60. The maximum absolute atomic E-state index is 2.44. The first-order valence-corrected chi connectivity index (χ1v) is 8.60. The average molecular weight is 255 g/mol. The summed E-state index contributed by atoms with van der Waals surface area (Å²) in [4.78, 5) is 0. The summed E-state index contributed by atoms with van der Waals surface area (Å²) >= 11 is 0. The summed E-state index contributed by atoms with van der Waals surface area (Å²) in [6.07, 6.45) is 14.3. The summed E-state index contributed by atoms with van der Waals surface area (Å²) in [5.41, 5.74) is 0. The molecule has 110 valence electrons. The molecule has 0 heteroatoms. The van der Waals surface area contributed by atoms with E-state index in [-0.39, 0.29) is 0 Å². The van der Waals surface area contributed by atoms with E-state index in [0.29, 0.717) is 0 Å². The van der Waals surface area contributed by atoms with Crippen molar-refractivity contribution in [1.82, 2.24) is 0 Å². The second kappa shape index (κ2) is 12.1. The van der Waals surface area contributed by atoms with Crippen molar-refractivity contribution in [3.05, 3.63) is 0 Å². The van der Waals surface area contributed by atoms with Crippen molar-refractivity contribution in [3.8, 4) is 0 Å². The van der Waals surface area contributed by atoms with Gasteiger partial charge in [0.15, 0.2) is 0 Å². The molecule has 0 aliphatic carbocycles. The van der Waals surface area contributed by atoms with Gasteiger partial charge in [0.05, 0.1) is 0 Å². The monoisotopic (exact) mass is 254 g/mol. The Labute approximate surface area is 117 Å². The van der Waals surface area contributed by atoms with Crippen molar-refractivity contribution in [2.24, 2.45) is 17.8 Å². The molecule has 0 aliphatic rings. The number of unbranched alkanes of at least 4 members (excludes halogenated alkanes) is 3. The van der Waals surface area contributed by atoms with Crippen LogP contribution in [-0.2, 0) is 0 Å². The van der Waals surface area contributed by atoms with Gasteiger partial charge in [-0.1, -0.05) is 92.4 Å². The number of rotatable bonds is 12. The van der Waals surface area contributed by atoms with Gasteiger partial charge in [-0.2, -0.15) is 0 Å². The van der Waals surface area contributed by atoms with E-state index in [4.69, 9.17) is 0 Å². The minimum Gasteiger partial charge on any atom is -0.0654 e. The molecule has 0 amide bonds. The minimum absolute atomic E-state index is 0.924. The lowest BCUT2D eigenvalue weighted by Crippen LogP contribution is -2.03. The molecular weight excluding hydrogens is 216 g/mol. The minimum atomic E-state index is 0.924. The first kappa shape index (κ1) is 18.0. The molecule has 0 fully saturated rings. The quantitative estimate of drug-likeness (QED) is 0.335. The summed E-state index contributed by atoms with van der Waals surface area (Å²) < 4.78 is 0. The van der Waals surface area contributed by atoms with Crippen molar-refractivity contribution in [2.75, 3.05) is 0 Å². The first-order chi connectivity index (χ1) is 8.60. The molecule has 0 saturated heterocycles. The van der Waals surface area contributed by atoms with Crippen molar-refractivity contribution in [1.29, 1.82) is 0 Å². The Balaban J connectivity index is 3.37. The highest BCUT2D eigenvalue weighted by Crippen LogP contribution is 2.22. The van der Waals surface area contributed by atoms with Gasteiger partial charge in [-0.15, -0.1) is 0 Å². The van der Waals surface area contributed by atoms with E-state index in [2.05, 4.69) is 34.6 Å². The van der Waals surface area contributed by atoms with Crippen LogP contribution in [0.2, 0.25) is 0 Å². The van der Waals surface area contributed by atoms with Gasteiger partial charge >= 0.3 is 0 Å². The van der Waals surface area contributed by atoms with Crippen LogP contribution < -0.4 is 0 Å². The maximum atomic E-state index is 2.44. The van der Waals surface area contributed by atoms with Gasteiger partial charge in [0, 0.05) is 0 Å². The Morgan fingerprint density at radius 1 is 0.611 bits per heavy atom. The highest BCUT2D eigenvalue weighted by Gasteiger charge is 2.07. The lowest BCUT2D eigenvalue weighted by Gasteiger charge is -2.16. The van der Waals surface area contributed by atoms with Crippen LogP contribution in [0, 0.1) is 17.8 Å². The van der Waals surface area contributed by atoms with Gasteiger partial charge in [-0.05, 0) is 24.2 Å². The average Bonchev–Trinajstić information content (AvgIpc) is 2.34. The fourth-order valence-electron chi connectivity index (χ4n) is 2.84. The van der Waals surface area contributed by atoms with E-state index < -0.39 is 0 Å². The standard InChI is InChI=1S/C18H38/c1-6-8-9-12-17(4)13-10-11-14-18(5)15-16(3)7-2/h16-18H,6-15H2,1-5H3. The Morgan fingerprint density at radius 3 is 1.61 bits per heavy atom. The molecule has 0 radical (unpaired) electrons. The number of hydrogen-bond acceptors (Lipinski definition) is 0. The molecule has 0 rings (SSSR count). The van der Waals surface area contributed by atoms with E-state index in [9.17, 15) is 0 Å². The van der Waals surface area contributed by atoms with Gasteiger partial charge in [-0.25, -0.2) is 0 Å². The van der Waals surface area contributed by atoms with Crippen molar-refractivity contribution >= 4 is 0 Å². The fraction of sp³-hybridized carbons (Fsp3) is 1.00. The topological polar surface area (TPSA) is 0 Å². The van der Waals surface area contributed by atoms with E-state index >= 15 is 0 Å². The Morgan fingerprint density at radius 2 is 1.11 bits per heavy atom. The van der Waals surface area contributed by atoms with Gasteiger partial charge in [-0.3, -0.25) is 0 Å². The highest BCUT2D eigenvalue weighted by molar-refractivity contribution is 4.60. The predicted octanol–water partition coefficient (Wildman–Crippen LogP) is 6.84. The zero-order valence-corrected chi connectivity index (χ0v) is 13.8. The third-order valence-electron chi connectivity index (χ3n) is 4.45. The molecule has 3 atom stereocenters. The fourth-order valence-corrected chi connectivity index (χ4v) is 2.84. The molecule has 0 aromatic rings. The Bertz CT molecular complexity index is 161. The largest absolute Gasteiger partial charge is 0.0654 e. The molecule has 0 nitrogen and oxygen atoms in total. The Kier molecular flexibility index (Phi) is 12.1. The third kappa shape index (κ3) is 11.1. The lowest BCUT2D eigenvalue weighted by molar-refractivity contribution is 0.364. The van der Waals surface area contributed by atoms with E-state index in [0.717, 1.165) is 17.8 Å². The number of hydrogen-bond donors (Lipinski definition) is 0. The summed E-state index contributed by atoms with van der Waals surface area (Å²) in [6, 6.07) is 0. The molecule has 3 unspecified atom stereocenters. The molecule has 0 aliphatic heterocycles. The lowest BCUT2D eigenvalue weighted by atomic mass is 9.90. The second-order valence-electron chi connectivity index (χ2n) is 6.74. The van der Waals surface area contributed by atoms with Crippen LogP contribution in [0.25, 0.3) is 0 Å². The SMILES string of the molecule is CCCCCC(C)CCCCC(C)CC(C)CC. The predicted molar refractivity (Wildman–Crippen MR) is 85.0 cm³/mol. The van der Waals surface area contributed by atoms with Crippen LogP contribution in [0.4, 0.5) is 0 Å². The van der Waals surface area contributed by atoms with E-state index in [1.807, 2.05) is 0 Å². The highest BCUT2D eigenvalue weighted by atomic mass is 14.1. The molecule has 0 N–H and O–H groups in total. The zero-order chi connectivity index (χ0) is 13.8. The van der Waals surface area contributed by atoms with Crippen LogP contribution in [0.3, 0.4) is 0 Å². The van der Waals surface area contributed by atoms with Crippen molar-refractivity contribution in [2.45, 2.75) is 98.8 Å². The van der Waals surface area contributed by atoms with Crippen LogP contribution in [0.5, 0.6) is 0 Å². The van der Waals surface area contributed by atoms with Crippen LogP contribution in [0.15, 0.2) is 0 Å². The second-order valence-corrected chi connectivity index (χ2v) is 6.74. The van der Waals surface area contributed by atoms with E-state index in [1.165, 1.54) is 64.2 Å². The van der Waals surface area contributed by atoms with E-state index in [1.54, 1.807) is 0 Å². The summed E-state index contributed by atoms with van der Waals surface area (Å²) in [5, 5.41) is 0. The van der Waals surface area contributed by atoms with Crippen molar-refractivity contribution < 1.29 is 0 Å². The van der Waals surface area contributed by atoms with Gasteiger partial charge in [0.2, 0.25) is 0 Å². The van der Waals surface area contributed by atoms with Gasteiger partial charge in [0.1, 0.15) is 0 Å². The summed E-state index contributed by atoms with van der Waals surface area (Å²) in [6.45, 7) is 11.9. The zero-order valence-electron chi connectivity index (χ0n) is 13.8. The molecule has 0 aromatic carbocycles. The molecule has 0 aromatic heterocycles. The molecule has 0 saturated carbocycles. The van der Waals surface area contributed by atoms with Crippen LogP contribution in [-0.4, -0.2) is 0 Å². The van der Waals surface area contributed by atoms with Crippen LogP contribution >= 0.6 is 0 Å². The normalized spacial score (nSPS) is 16.5. The van der Waals surface area contributed by atoms with Crippen molar-refractivity contribution in [3.63, 3.8) is 0 Å².